The number of halogens is 3. The van der Waals surface area contributed by atoms with Crippen LogP contribution in [-0.2, 0) is 9.59 Å². The fourth-order valence-electron chi connectivity index (χ4n) is 3.30. The first-order valence-electron chi connectivity index (χ1n) is 8.35. The van der Waals surface area contributed by atoms with E-state index in [0.29, 0.717) is 18.4 Å². The van der Waals surface area contributed by atoms with E-state index in [0.717, 1.165) is 0 Å². The number of amides is 1. The molecule has 2 rings (SSSR count). The molecule has 1 aromatic carbocycles. The molecule has 1 fully saturated rings. The highest BCUT2D eigenvalue weighted by Gasteiger charge is 2.44. The van der Waals surface area contributed by atoms with E-state index in [4.69, 9.17) is 0 Å². The van der Waals surface area contributed by atoms with Crippen molar-refractivity contribution in [3.05, 3.63) is 35.9 Å². The van der Waals surface area contributed by atoms with Crippen LogP contribution in [0.3, 0.4) is 0 Å². The third-order valence-electron chi connectivity index (χ3n) is 4.85. The normalized spacial score (nSPS) is 23.5. The van der Waals surface area contributed by atoms with E-state index >= 15 is 0 Å². The van der Waals surface area contributed by atoms with Gasteiger partial charge in [0.25, 0.3) is 0 Å². The summed E-state index contributed by atoms with van der Waals surface area (Å²) in [5, 5.41) is 12.0. The van der Waals surface area contributed by atoms with Crippen molar-refractivity contribution in [2.75, 3.05) is 0 Å². The number of aliphatic carboxylic acids is 1. The first-order valence-corrected chi connectivity index (χ1v) is 8.35. The topological polar surface area (TPSA) is 66.4 Å². The zero-order chi connectivity index (χ0) is 18.6. The summed E-state index contributed by atoms with van der Waals surface area (Å²) in [6.07, 6.45) is -3.76. The van der Waals surface area contributed by atoms with Crippen LogP contribution >= 0.6 is 0 Å². The highest BCUT2D eigenvalue weighted by molar-refractivity contribution is 5.80. The summed E-state index contributed by atoms with van der Waals surface area (Å²) in [5.74, 6) is -4.69. The predicted molar refractivity (Wildman–Crippen MR) is 85.6 cm³/mol. The zero-order valence-electron chi connectivity index (χ0n) is 13.9. The molecule has 25 heavy (non-hydrogen) atoms. The summed E-state index contributed by atoms with van der Waals surface area (Å²) < 4.78 is 38.8. The van der Waals surface area contributed by atoms with Crippen molar-refractivity contribution in [2.24, 2.45) is 17.8 Å². The van der Waals surface area contributed by atoms with Crippen molar-refractivity contribution in [3.63, 3.8) is 0 Å². The van der Waals surface area contributed by atoms with Crippen LogP contribution in [0.1, 0.15) is 44.2 Å². The minimum absolute atomic E-state index is 0.0426. The maximum Gasteiger partial charge on any atom is 0.391 e. The van der Waals surface area contributed by atoms with Crippen molar-refractivity contribution in [3.8, 4) is 0 Å². The molecule has 4 unspecified atom stereocenters. The number of carbonyl (C=O) groups is 2. The maximum absolute atomic E-state index is 12.9. The van der Waals surface area contributed by atoms with Crippen molar-refractivity contribution in [2.45, 2.75) is 44.8 Å². The molecule has 0 aromatic heterocycles. The van der Waals surface area contributed by atoms with E-state index in [1.165, 1.54) is 6.92 Å². The smallest absolute Gasteiger partial charge is 0.391 e. The minimum atomic E-state index is -4.30. The lowest BCUT2D eigenvalue weighted by molar-refractivity contribution is -0.186. The number of nitrogens with one attached hydrogen (secondary N) is 1. The van der Waals surface area contributed by atoms with Gasteiger partial charge in [-0.05, 0) is 31.7 Å². The second-order valence-electron chi connectivity index (χ2n) is 6.63. The monoisotopic (exact) mass is 357 g/mol. The lowest BCUT2D eigenvalue weighted by atomic mass is 9.80. The lowest BCUT2D eigenvalue weighted by Gasteiger charge is -2.31. The molecule has 0 aliphatic heterocycles. The van der Waals surface area contributed by atoms with Gasteiger partial charge in [0.05, 0.1) is 17.9 Å². The van der Waals surface area contributed by atoms with Crippen molar-refractivity contribution in [1.82, 2.24) is 5.32 Å². The van der Waals surface area contributed by atoms with Gasteiger partial charge in [-0.25, -0.2) is 0 Å². The average Bonchev–Trinajstić information content (AvgIpc) is 2.59. The summed E-state index contributed by atoms with van der Waals surface area (Å²) >= 11 is 0. The third-order valence-corrected chi connectivity index (χ3v) is 4.85. The molecule has 2 N–H and O–H groups in total. The predicted octanol–water partition coefficient (Wildman–Crippen LogP) is 3.93. The molecule has 138 valence electrons. The van der Waals surface area contributed by atoms with E-state index in [1.54, 1.807) is 30.3 Å². The SMILES string of the molecule is CC(C(=O)O)C(NC(=O)C1CCCC(C(F)(F)F)C1)c1ccccc1. The van der Waals surface area contributed by atoms with Crippen molar-refractivity contribution in [1.29, 1.82) is 0 Å². The molecule has 1 aliphatic carbocycles. The number of rotatable bonds is 5. The molecule has 4 atom stereocenters. The molecule has 0 spiro atoms. The van der Waals surface area contributed by atoms with Gasteiger partial charge in [0.15, 0.2) is 0 Å². The molecule has 1 aromatic rings. The Hall–Kier alpha value is -2.05. The Morgan fingerprint density at radius 1 is 1.20 bits per heavy atom. The number of hydrogen-bond donors (Lipinski definition) is 2. The van der Waals surface area contributed by atoms with Crippen LogP contribution < -0.4 is 5.32 Å². The van der Waals surface area contributed by atoms with Gasteiger partial charge in [0, 0.05) is 5.92 Å². The Balaban J connectivity index is 2.13. The summed E-state index contributed by atoms with van der Waals surface area (Å²) in [6, 6.07) is 7.83. The van der Waals surface area contributed by atoms with Crippen LogP contribution in [0.5, 0.6) is 0 Å². The molecular formula is C18H22F3NO3. The summed E-state index contributed by atoms with van der Waals surface area (Å²) in [4.78, 5) is 23.9. The first kappa shape index (κ1) is 19.3. The Kier molecular flexibility index (Phi) is 6.08. The molecule has 0 heterocycles. The van der Waals surface area contributed by atoms with E-state index in [9.17, 15) is 27.9 Å². The van der Waals surface area contributed by atoms with Gasteiger partial charge in [-0.1, -0.05) is 36.8 Å². The molecule has 0 saturated heterocycles. The molecule has 1 aliphatic rings. The molecule has 1 amide bonds. The van der Waals surface area contributed by atoms with Crippen LogP contribution in [0.25, 0.3) is 0 Å². The average molecular weight is 357 g/mol. The third kappa shape index (κ3) is 4.96. The van der Waals surface area contributed by atoms with E-state index < -0.39 is 41.8 Å². The van der Waals surface area contributed by atoms with Gasteiger partial charge in [-0.3, -0.25) is 9.59 Å². The molecular weight excluding hydrogens is 335 g/mol. The minimum Gasteiger partial charge on any atom is -0.481 e. The van der Waals surface area contributed by atoms with Gasteiger partial charge in [0.2, 0.25) is 5.91 Å². The number of hydrogen-bond acceptors (Lipinski definition) is 2. The first-order chi connectivity index (χ1) is 11.7. The fraction of sp³-hybridized carbons (Fsp3) is 0.556. The zero-order valence-corrected chi connectivity index (χ0v) is 13.9. The second-order valence-corrected chi connectivity index (χ2v) is 6.63. The Morgan fingerprint density at radius 2 is 1.84 bits per heavy atom. The van der Waals surface area contributed by atoms with Crippen LogP contribution in [0, 0.1) is 17.8 Å². The largest absolute Gasteiger partial charge is 0.481 e. The van der Waals surface area contributed by atoms with E-state index in [-0.39, 0.29) is 12.8 Å². The standard InChI is InChI=1S/C18H22F3NO3/c1-11(17(24)25)15(12-6-3-2-4-7-12)22-16(23)13-8-5-9-14(10-13)18(19,20)21/h2-4,6-7,11,13-15H,5,8-10H2,1H3,(H,22,23)(H,24,25). The number of alkyl halides is 3. The maximum atomic E-state index is 12.9. The molecule has 0 radical (unpaired) electrons. The second kappa shape index (κ2) is 7.89. The van der Waals surface area contributed by atoms with E-state index in [1.807, 2.05) is 0 Å². The van der Waals surface area contributed by atoms with Gasteiger partial charge in [0.1, 0.15) is 0 Å². The van der Waals surface area contributed by atoms with Crippen molar-refractivity contribution >= 4 is 11.9 Å². The van der Waals surface area contributed by atoms with Gasteiger partial charge in [-0.15, -0.1) is 0 Å². The Morgan fingerprint density at radius 3 is 2.40 bits per heavy atom. The Labute approximate surface area is 144 Å². The summed E-state index contributed by atoms with van der Waals surface area (Å²) in [5.41, 5.74) is 0.619. The quantitative estimate of drug-likeness (QED) is 0.839. The summed E-state index contributed by atoms with van der Waals surface area (Å²) in [7, 11) is 0. The summed E-state index contributed by atoms with van der Waals surface area (Å²) in [6.45, 7) is 1.47. The highest BCUT2D eigenvalue weighted by atomic mass is 19.4. The number of carbonyl (C=O) groups excluding carboxylic acids is 1. The van der Waals surface area contributed by atoms with E-state index in [2.05, 4.69) is 5.32 Å². The number of carboxylic acid groups (broad SMARTS) is 1. The van der Waals surface area contributed by atoms with Crippen molar-refractivity contribution < 1.29 is 27.9 Å². The van der Waals surface area contributed by atoms with Crippen LogP contribution in [0.2, 0.25) is 0 Å². The lowest BCUT2D eigenvalue weighted by Crippen LogP contribution is -2.41. The molecule has 4 nitrogen and oxygen atoms in total. The molecule has 7 heteroatoms. The van der Waals surface area contributed by atoms with Crippen LogP contribution in [-0.4, -0.2) is 23.2 Å². The highest BCUT2D eigenvalue weighted by Crippen LogP contribution is 2.40. The molecule has 0 bridgehead atoms. The fourth-order valence-corrected chi connectivity index (χ4v) is 3.30. The van der Waals surface area contributed by atoms with Gasteiger partial charge < -0.3 is 10.4 Å². The van der Waals surface area contributed by atoms with Crippen LogP contribution in [0.4, 0.5) is 13.2 Å². The number of benzene rings is 1. The number of carboxylic acids is 1. The van der Waals surface area contributed by atoms with Crippen LogP contribution in [0.15, 0.2) is 30.3 Å². The van der Waals surface area contributed by atoms with Gasteiger partial charge >= 0.3 is 12.1 Å². The Bertz CT molecular complexity index is 603. The molecule has 1 saturated carbocycles. The van der Waals surface area contributed by atoms with Gasteiger partial charge in [-0.2, -0.15) is 13.2 Å².